The number of rotatable bonds is 3. The molecular formula is C8H16N2OS2. The van der Waals surface area contributed by atoms with E-state index in [0.717, 1.165) is 26.2 Å². The molecule has 0 saturated carbocycles. The minimum atomic E-state index is 0.0681. The van der Waals surface area contributed by atoms with E-state index in [1.165, 1.54) is 11.5 Å². The lowest BCUT2D eigenvalue weighted by Crippen LogP contribution is -2.35. The zero-order valence-electron chi connectivity index (χ0n) is 7.91. The second-order valence-electron chi connectivity index (χ2n) is 2.97. The van der Waals surface area contributed by atoms with Gasteiger partial charge in [-0.25, -0.2) is 0 Å². The molecule has 1 aliphatic heterocycles. The van der Waals surface area contributed by atoms with Crippen LogP contribution < -0.4 is 5.32 Å². The van der Waals surface area contributed by atoms with E-state index in [0.29, 0.717) is 0 Å². The Bertz CT molecular complexity index is 158. The van der Waals surface area contributed by atoms with Crippen LogP contribution in [-0.2, 0) is 4.79 Å². The molecule has 0 aromatic carbocycles. The van der Waals surface area contributed by atoms with E-state index < -0.39 is 0 Å². The van der Waals surface area contributed by atoms with Gasteiger partial charge in [-0.3, -0.25) is 9.69 Å². The number of carbonyl (C=O) groups is 1. The van der Waals surface area contributed by atoms with Crippen molar-refractivity contribution in [1.29, 1.82) is 0 Å². The molecule has 0 aromatic rings. The molecule has 0 radical (unpaired) electrons. The molecule has 1 aliphatic rings. The highest BCUT2D eigenvalue weighted by Crippen LogP contribution is 2.23. The van der Waals surface area contributed by atoms with E-state index in [2.05, 4.69) is 10.2 Å². The first kappa shape index (κ1) is 11.2. The summed E-state index contributed by atoms with van der Waals surface area (Å²) in [5, 5.41) is 2.82. The summed E-state index contributed by atoms with van der Waals surface area (Å²) < 4.78 is 0. The van der Waals surface area contributed by atoms with Crippen LogP contribution in [0.25, 0.3) is 0 Å². The van der Waals surface area contributed by atoms with Gasteiger partial charge in [0.15, 0.2) is 0 Å². The lowest BCUT2D eigenvalue weighted by molar-refractivity contribution is -0.119. The molecule has 1 amide bonds. The SMILES string of the molecule is CC(=O)NCCN1CCSSCC1. The van der Waals surface area contributed by atoms with Crippen LogP contribution in [0.15, 0.2) is 0 Å². The monoisotopic (exact) mass is 220 g/mol. The predicted octanol–water partition coefficient (Wildman–Crippen LogP) is 0.820. The number of nitrogens with zero attached hydrogens (tertiary/aromatic N) is 1. The molecule has 0 atom stereocenters. The van der Waals surface area contributed by atoms with Crippen LogP contribution in [-0.4, -0.2) is 48.5 Å². The molecule has 3 nitrogen and oxygen atoms in total. The summed E-state index contributed by atoms with van der Waals surface area (Å²) in [6.45, 7) is 5.63. The lowest BCUT2D eigenvalue weighted by atomic mass is 10.4. The van der Waals surface area contributed by atoms with E-state index >= 15 is 0 Å². The van der Waals surface area contributed by atoms with Crippen molar-refractivity contribution < 1.29 is 4.79 Å². The maximum atomic E-state index is 10.6. The minimum Gasteiger partial charge on any atom is -0.355 e. The quantitative estimate of drug-likeness (QED) is 0.714. The highest BCUT2D eigenvalue weighted by Gasteiger charge is 2.08. The molecule has 1 N–H and O–H groups in total. The highest BCUT2D eigenvalue weighted by molar-refractivity contribution is 8.76. The van der Waals surface area contributed by atoms with Crippen LogP contribution in [0, 0.1) is 0 Å². The van der Waals surface area contributed by atoms with Gasteiger partial charge in [0.05, 0.1) is 0 Å². The fourth-order valence-electron chi connectivity index (χ4n) is 1.18. The third-order valence-corrected chi connectivity index (χ3v) is 4.23. The van der Waals surface area contributed by atoms with Gasteiger partial charge in [-0.1, -0.05) is 21.6 Å². The normalized spacial score (nSPS) is 19.5. The fraction of sp³-hybridized carbons (Fsp3) is 0.875. The zero-order chi connectivity index (χ0) is 9.52. The smallest absolute Gasteiger partial charge is 0.216 e. The molecule has 0 spiro atoms. The topological polar surface area (TPSA) is 32.3 Å². The summed E-state index contributed by atoms with van der Waals surface area (Å²) in [7, 11) is 3.89. The second kappa shape index (κ2) is 6.56. The maximum absolute atomic E-state index is 10.6. The van der Waals surface area contributed by atoms with Crippen LogP contribution in [0.3, 0.4) is 0 Å². The molecule has 5 heteroatoms. The second-order valence-corrected chi connectivity index (χ2v) is 5.67. The van der Waals surface area contributed by atoms with Crippen LogP contribution >= 0.6 is 21.6 Å². The maximum Gasteiger partial charge on any atom is 0.216 e. The van der Waals surface area contributed by atoms with Crippen molar-refractivity contribution in [2.75, 3.05) is 37.7 Å². The van der Waals surface area contributed by atoms with Crippen molar-refractivity contribution in [2.24, 2.45) is 0 Å². The summed E-state index contributed by atoms with van der Waals surface area (Å²) in [6, 6.07) is 0. The van der Waals surface area contributed by atoms with Crippen molar-refractivity contribution in [2.45, 2.75) is 6.92 Å². The van der Waals surface area contributed by atoms with Gasteiger partial charge in [-0.2, -0.15) is 0 Å². The lowest BCUT2D eigenvalue weighted by Gasteiger charge is -2.18. The summed E-state index contributed by atoms with van der Waals surface area (Å²) in [5.74, 6) is 2.47. The van der Waals surface area contributed by atoms with E-state index in [9.17, 15) is 4.79 Å². The van der Waals surface area contributed by atoms with Gasteiger partial charge < -0.3 is 5.32 Å². The Labute approximate surface area is 87.4 Å². The summed E-state index contributed by atoms with van der Waals surface area (Å²) in [5.41, 5.74) is 0. The molecule has 1 saturated heterocycles. The molecule has 0 aromatic heterocycles. The van der Waals surface area contributed by atoms with Gasteiger partial charge in [0, 0.05) is 44.6 Å². The minimum absolute atomic E-state index is 0.0681. The third kappa shape index (κ3) is 5.44. The van der Waals surface area contributed by atoms with Crippen molar-refractivity contribution in [1.82, 2.24) is 10.2 Å². The molecule has 0 aliphatic carbocycles. The van der Waals surface area contributed by atoms with Gasteiger partial charge >= 0.3 is 0 Å². The largest absolute Gasteiger partial charge is 0.355 e. The van der Waals surface area contributed by atoms with Gasteiger partial charge in [0.1, 0.15) is 0 Å². The summed E-state index contributed by atoms with van der Waals surface area (Å²) in [6.07, 6.45) is 0. The Kier molecular flexibility index (Phi) is 5.66. The first-order chi connectivity index (χ1) is 6.29. The highest BCUT2D eigenvalue weighted by atomic mass is 33.1. The van der Waals surface area contributed by atoms with Gasteiger partial charge in [0.25, 0.3) is 0 Å². The Morgan fingerprint density at radius 3 is 2.54 bits per heavy atom. The van der Waals surface area contributed by atoms with Crippen molar-refractivity contribution in [3.8, 4) is 0 Å². The van der Waals surface area contributed by atoms with E-state index in [1.54, 1.807) is 6.92 Å². The van der Waals surface area contributed by atoms with Crippen LogP contribution in [0.1, 0.15) is 6.92 Å². The Balaban J connectivity index is 2.08. The Morgan fingerprint density at radius 2 is 2.00 bits per heavy atom. The van der Waals surface area contributed by atoms with E-state index in [-0.39, 0.29) is 5.91 Å². The molecule has 1 fully saturated rings. The van der Waals surface area contributed by atoms with Crippen LogP contribution in [0.4, 0.5) is 0 Å². The fourth-order valence-corrected chi connectivity index (χ4v) is 3.23. The van der Waals surface area contributed by atoms with E-state index in [4.69, 9.17) is 0 Å². The zero-order valence-corrected chi connectivity index (χ0v) is 9.55. The molecule has 1 heterocycles. The Hall–Kier alpha value is 0.130. The number of hydrogen-bond acceptors (Lipinski definition) is 4. The molecule has 0 bridgehead atoms. The number of amides is 1. The number of hydrogen-bond donors (Lipinski definition) is 1. The summed E-state index contributed by atoms with van der Waals surface area (Å²) >= 11 is 0. The Morgan fingerprint density at radius 1 is 1.38 bits per heavy atom. The van der Waals surface area contributed by atoms with Crippen LogP contribution in [0.5, 0.6) is 0 Å². The molecule has 0 unspecified atom stereocenters. The van der Waals surface area contributed by atoms with Gasteiger partial charge in [0.2, 0.25) is 5.91 Å². The van der Waals surface area contributed by atoms with Crippen molar-refractivity contribution in [3.63, 3.8) is 0 Å². The van der Waals surface area contributed by atoms with Gasteiger partial charge in [-0.05, 0) is 0 Å². The first-order valence-corrected chi connectivity index (χ1v) is 6.99. The van der Waals surface area contributed by atoms with E-state index in [1.807, 2.05) is 21.6 Å². The predicted molar refractivity (Wildman–Crippen MR) is 60.0 cm³/mol. The summed E-state index contributed by atoms with van der Waals surface area (Å²) in [4.78, 5) is 13.0. The van der Waals surface area contributed by atoms with Crippen LogP contribution in [0.2, 0.25) is 0 Å². The molecular weight excluding hydrogens is 204 g/mol. The van der Waals surface area contributed by atoms with Gasteiger partial charge in [-0.15, -0.1) is 0 Å². The first-order valence-electron chi connectivity index (χ1n) is 4.50. The molecule has 13 heavy (non-hydrogen) atoms. The standard InChI is InChI=1S/C8H16N2OS2/c1-8(11)9-2-3-10-4-6-12-13-7-5-10/h2-7H2,1H3,(H,9,11). The average molecular weight is 220 g/mol. The molecule has 76 valence electrons. The third-order valence-electron chi connectivity index (χ3n) is 1.87. The van der Waals surface area contributed by atoms with Crippen molar-refractivity contribution >= 4 is 27.5 Å². The average Bonchev–Trinajstić information content (AvgIpc) is 2.32. The number of nitrogens with one attached hydrogen (secondary N) is 1. The molecule has 1 rings (SSSR count). The van der Waals surface area contributed by atoms with Crippen molar-refractivity contribution in [3.05, 3.63) is 0 Å². The number of carbonyl (C=O) groups excluding carboxylic acids is 1.